The summed E-state index contributed by atoms with van der Waals surface area (Å²) in [4.78, 5) is 27.8. The molecule has 1 atom stereocenters. The van der Waals surface area contributed by atoms with E-state index in [9.17, 15) is 9.59 Å². The van der Waals surface area contributed by atoms with Gasteiger partial charge in [0.15, 0.2) is 5.82 Å². The van der Waals surface area contributed by atoms with Crippen molar-refractivity contribution in [3.05, 3.63) is 50.7 Å². The number of fused-ring (bicyclic) bond motifs is 1. The van der Waals surface area contributed by atoms with Crippen LogP contribution in [0.3, 0.4) is 0 Å². The number of aromatic nitrogens is 3. The normalized spacial score (nSPS) is 25.5. The molecule has 4 heterocycles. The third kappa shape index (κ3) is 3.71. The molecule has 0 amide bonds. The van der Waals surface area contributed by atoms with Gasteiger partial charge in [0.05, 0.1) is 19.4 Å². The van der Waals surface area contributed by atoms with E-state index in [4.69, 9.17) is 9.15 Å². The van der Waals surface area contributed by atoms with Gasteiger partial charge in [0, 0.05) is 19.6 Å². The Hall–Kier alpha value is -2.19. The monoisotopic (exact) mass is 400 g/mol. The van der Waals surface area contributed by atoms with Gasteiger partial charge >= 0.3 is 11.1 Å². The maximum absolute atomic E-state index is 12.9. The first-order valence-corrected chi connectivity index (χ1v) is 10.7. The largest absolute Gasteiger partial charge is 0.468 e. The van der Waals surface area contributed by atoms with Crippen LogP contribution >= 0.6 is 0 Å². The van der Waals surface area contributed by atoms with Gasteiger partial charge in [-0.2, -0.15) is 5.10 Å². The molecule has 0 aromatic carbocycles. The van der Waals surface area contributed by atoms with E-state index in [0.717, 1.165) is 38.1 Å². The Bertz CT molecular complexity index is 974. The number of hydrogen-bond acceptors (Lipinski definition) is 6. The van der Waals surface area contributed by atoms with E-state index < -0.39 is 16.7 Å². The van der Waals surface area contributed by atoms with Crippen LogP contribution < -0.4 is 11.1 Å². The predicted molar refractivity (Wildman–Crippen MR) is 105 cm³/mol. The highest BCUT2D eigenvalue weighted by Gasteiger charge is 2.43. The lowest BCUT2D eigenvalue weighted by Gasteiger charge is -2.35. The first-order chi connectivity index (χ1) is 14.1. The summed E-state index contributed by atoms with van der Waals surface area (Å²) in [5, 5.41) is 4.52. The van der Waals surface area contributed by atoms with E-state index in [1.807, 2.05) is 12.1 Å². The summed E-state index contributed by atoms with van der Waals surface area (Å²) >= 11 is 0. The predicted octanol–water partition coefficient (Wildman–Crippen LogP) is 1.75. The minimum atomic E-state index is -0.498. The highest BCUT2D eigenvalue weighted by Crippen LogP contribution is 2.32. The quantitative estimate of drug-likeness (QED) is 0.728. The average Bonchev–Trinajstić information content (AvgIpc) is 3.38. The first-order valence-electron chi connectivity index (χ1n) is 10.7. The van der Waals surface area contributed by atoms with Gasteiger partial charge in [-0.25, -0.2) is 4.68 Å². The van der Waals surface area contributed by atoms with Gasteiger partial charge in [0.2, 0.25) is 0 Å². The molecule has 29 heavy (non-hydrogen) atoms. The molecule has 0 N–H and O–H groups in total. The van der Waals surface area contributed by atoms with Crippen LogP contribution in [0.25, 0.3) is 0 Å². The van der Waals surface area contributed by atoms with E-state index in [0.29, 0.717) is 31.4 Å². The van der Waals surface area contributed by atoms with Crippen molar-refractivity contribution in [2.75, 3.05) is 13.1 Å². The molecule has 1 saturated heterocycles. The van der Waals surface area contributed by atoms with Crippen LogP contribution in [-0.2, 0) is 31.0 Å². The zero-order valence-electron chi connectivity index (χ0n) is 16.7. The van der Waals surface area contributed by atoms with Crippen LogP contribution in [0.4, 0.5) is 0 Å². The maximum atomic E-state index is 12.9. The summed E-state index contributed by atoms with van der Waals surface area (Å²) in [6, 6.07) is 3.85. The molecule has 5 rings (SSSR count). The number of likely N-dealkylation sites (tertiary alicyclic amines) is 1. The Kier molecular flexibility index (Phi) is 4.91. The molecule has 2 aliphatic heterocycles. The van der Waals surface area contributed by atoms with Crippen LogP contribution in [0.2, 0.25) is 0 Å². The molecule has 1 unspecified atom stereocenters. The van der Waals surface area contributed by atoms with Gasteiger partial charge < -0.3 is 9.15 Å². The van der Waals surface area contributed by atoms with Crippen molar-refractivity contribution in [3.8, 4) is 0 Å². The van der Waals surface area contributed by atoms with Crippen molar-refractivity contribution in [2.45, 2.75) is 70.4 Å². The Labute approximate surface area is 169 Å². The Morgan fingerprint density at radius 1 is 1.14 bits per heavy atom. The summed E-state index contributed by atoms with van der Waals surface area (Å²) in [6.45, 7) is 3.52. The van der Waals surface area contributed by atoms with Gasteiger partial charge in [-0.1, -0.05) is 19.3 Å². The summed E-state index contributed by atoms with van der Waals surface area (Å²) in [7, 11) is 0. The Morgan fingerprint density at radius 3 is 2.79 bits per heavy atom. The first kappa shape index (κ1) is 18.8. The van der Waals surface area contributed by atoms with E-state index >= 15 is 0 Å². The zero-order valence-corrected chi connectivity index (χ0v) is 16.7. The zero-order chi connectivity index (χ0) is 19.8. The topological polar surface area (TPSA) is 82.5 Å². The minimum absolute atomic E-state index is 0.273. The smallest absolute Gasteiger partial charge is 0.332 e. The molecule has 156 valence electrons. The fourth-order valence-electron chi connectivity index (χ4n) is 5.07. The summed E-state index contributed by atoms with van der Waals surface area (Å²) in [5.74, 6) is 1.93. The molecular weight excluding hydrogens is 372 g/mol. The van der Waals surface area contributed by atoms with E-state index in [1.165, 1.54) is 23.9 Å². The summed E-state index contributed by atoms with van der Waals surface area (Å²) in [6.07, 6.45) is 8.38. The van der Waals surface area contributed by atoms with Crippen LogP contribution in [0.1, 0.15) is 50.1 Å². The molecule has 2 aromatic rings. The molecule has 2 fully saturated rings. The molecule has 8 nitrogen and oxygen atoms in total. The maximum Gasteiger partial charge on any atom is 0.332 e. The van der Waals surface area contributed by atoms with Gasteiger partial charge in [-0.05, 0) is 37.3 Å². The van der Waals surface area contributed by atoms with Gasteiger partial charge in [0.25, 0.3) is 0 Å². The van der Waals surface area contributed by atoms with Gasteiger partial charge in [-0.15, -0.1) is 0 Å². The lowest BCUT2D eigenvalue weighted by atomic mass is 9.89. The van der Waals surface area contributed by atoms with Crippen molar-refractivity contribution in [1.82, 2.24) is 19.2 Å². The third-order valence-corrected chi connectivity index (χ3v) is 6.67. The van der Waals surface area contributed by atoms with Gasteiger partial charge in [-0.3, -0.25) is 19.1 Å². The number of rotatable bonds is 4. The molecule has 1 spiro atoms. The summed E-state index contributed by atoms with van der Waals surface area (Å²) < 4.78 is 14.6. The fraction of sp³-hybridized carbons (Fsp3) is 0.667. The number of hydrogen-bond donors (Lipinski definition) is 0. The highest BCUT2D eigenvalue weighted by molar-refractivity contribution is 5.04. The lowest BCUT2D eigenvalue weighted by molar-refractivity contribution is -0.0861. The Morgan fingerprint density at radius 2 is 2.00 bits per heavy atom. The third-order valence-electron chi connectivity index (χ3n) is 6.67. The molecule has 0 bridgehead atoms. The number of nitrogens with zero attached hydrogens (tertiary/aromatic N) is 4. The second-order valence-corrected chi connectivity index (χ2v) is 8.81. The molecule has 8 heteroatoms. The van der Waals surface area contributed by atoms with Crippen molar-refractivity contribution in [1.29, 1.82) is 0 Å². The average molecular weight is 400 g/mol. The van der Waals surface area contributed by atoms with E-state index in [-0.39, 0.29) is 6.61 Å². The van der Waals surface area contributed by atoms with Gasteiger partial charge in [0.1, 0.15) is 18.0 Å². The summed E-state index contributed by atoms with van der Waals surface area (Å²) in [5.41, 5.74) is -1.40. The fourth-order valence-corrected chi connectivity index (χ4v) is 5.07. The second-order valence-electron chi connectivity index (χ2n) is 8.81. The standard InChI is InChI=1S/C21H28N4O4/c26-19-20(27)25(11-16-5-2-1-3-6-16)22-18-13-29-21(15-24(18)19)8-9-23(14-21)12-17-7-4-10-28-17/h4,7,10,16H,1-3,5-6,8-9,11-15H2. The minimum Gasteiger partial charge on any atom is -0.468 e. The van der Waals surface area contributed by atoms with E-state index in [2.05, 4.69) is 10.00 Å². The van der Waals surface area contributed by atoms with E-state index in [1.54, 1.807) is 10.8 Å². The number of furan rings is 1. The molecule has 1 aliphatic carbocycles. The van der Waals surface area contributed by atoms with Crippen LogP contribution in [0.5, 0.6) is 0 Å². The Balaban J connectivity index is 1.33. The lowest BCUT2D eigenvalue weighted by Crippen LogP contribution is -2.53. The van der Waals surface area contributed by atoms with Crippen molar-refractivity contribution in [3.63, 3.8) is 0 Å². The van der Waals surface area contributed by atoms with Crippen LogP contribution in [0, 0.1) is 5.92 Å². The van der Waals surface area contributed by atoms with Crippen LogP contribution in [0.15, 0.2) is 32.4 Å². The number of ether oxygens (including phenoxy) is 1. The van der Waals surface area contributed by atoms with Crippen molar-refractivity contribution in [2.24, 2.45) is 5.92 Å². The second kappa shape index (κ2) is 7.57. The van der Waals surface area contributed by atoms with Crippen molar-refractivity contribution < 1.29 is 9.15 Å². The molecule has 3 aliphatic rings. The highest BCUT2D eigenvalue weighted by atomic mass is 16.5. The molecule has 1 saturated carbocycles. The molecule has 0 radical (unpaired) electrons. The molecule has 2 aromatic heterocycles. The van der Waals surface area contributed by atoms with Crippen LogP contribution in [-0.4, -0.2) is 37.9 Å². The SMILES string of the molecule is O=c1c(=O)n2c(nn1CC1CCCCC1)COC1(CCN(Cc3ccco3)C1)C2. The van der Waals surface area contributed by atoms with Crippen molar-refractivity contribution >= 4 is 0 Å². The molecular formula is C21H28N4O4.